The molecule has 0 spiro atoms. The van der Waals surface area contributed by atoms with E-state index in [0.29, 0.717) is 11.1 Å². The van der Waals surface area contributed by atoms with E-state index >= 15 is 0 Å². The number of hydrogen-bond donors (Lipinski definition) is 0. The standard InChI is InChI=1S/C38H22N4S2/c39-23-25-17-19-27(41-31-9-1-5-13-35(31)43-36-14-6-2-10-32(36)41)21-29(25)30-22-28(20-18-26(30)24-40)42-33-11-3-7-15-37(33)44-38-16-8-4-12-34(38)42/h1-22H. The Hall–Kier alpha value is -5.40. The Morgan fingerprint density at radius 1 is 0.409 bits per heavy atom. The molecule has 8 rings (SSSR count). The van der Waals surface area contributed by atoms with Crippen molar-refractivity contribution < 1.29 is 0 Å². The quantitative estimate of drug-likeness (QED) is 0.202. The van der Waals surface area contributed by atoms with Gasteiger partial charge >= 0.3 is 0 Å². The minimum absolute atomic E-state index is 0.519. The molecule has 6 heteroatoms. The van der Waals surface area contributed by atoms with Gasteiger partial charge in [-0.05, 0) is 84.9 Å². The Morgan fingerprint density at radius 2 is 0.727 bits per heavy atom. The van der Waals surface area contributed by atoms with E-state index in [-0.39, 0.29) is 0 Å². The van der Waals surface area contributed by atoms with Gasteiger partial charge in [-0.1, -0.05) is 72.1 Å². The molecule has 6 aromatic rings. The predicted octanol–water partition coefficient (Wildman–Crippen LogP) is 11.0. The summed E-state index contributed by atoms with van der Waals surface area (Å²) < 4.78 is 0. The van der Waals surface area contributed by atoms with Gasteiger partial charge in [0, 0.05) is 42.1 Å². The van der Waals surface area contributed by atoms with Gasteiger partial charge in [0.25, 0.3) is 0 Å². The van der Waals surface area contributed by atoms with E-state index in [1.165, 1.54) is 0 Å². The molecule has 2 heterocycles. The van der Waals surface area contributed by atoms with Crippen LogP contribution < -0.4 is 9.80 Å². The van der Waals surface area contributed by atoms with Gasteiger partial charge in [0.15, 0.2) is 0 Å². The molecule has 0 bridgehead atoms. The van der Waals surface area contributed by atoms with Gasteiger partial charge in [-0.25, -0.2) is 0 Å². The van der Waals surface area contributed by atoms with Crippen LogP contribution in [0.2, 0.25) is 0 Å². The van der Waals surface area contributed by atoms with Crippen molar-refractivity contribution in [1.82, 2.24) is 0 Å². The molecule has 0 radical (unpaired) electrons. The molecule has 0 saturated heterocycles. The largest absolute Gasteiger partial charge is 0.308 e. The van der Waals surface area contributed by atoms with Crippen LogP contribution >= 0.6 is 23.5 Å². The highest BCUT2D eigenvalue weighted by molar-refractivity contribution is 8.00. The van der Waals surface area contributed by atoms with Gasteiger partial charge in [-0.15, -0.1) is 0 Å². The van der Waals surface area contributed by atoms with E-state index in [2.05, 4.69) is 131 Å². The Kier molecular flexibility index (Phi) is 6.38. The Bertz CT molecular complexity index is 1950. The highest BCUT2D eigenvalue weighted by Gasteiger charge is 2.27. The van der Waals surface area contributed by atoms with Crippen LogP contribution in [0.1, 0.15) is 11.1 Å². The summed E-state index contributed by atoms with van der Waals surface area (Å²) in [5.41, 5.74) is 8.68. The summed E-state index contributed by atoms with van der Waals surface area (Å²) in [6.45, 7) is 0. The fourth-order valence-electron chi connectivity index (χ4n) is 5.95. The summed E-state index contributed by atoms with van der Waals surface area (Å²) in [6.07, 6.45) is 0. The van der Waals surface area contributed by atoms with Crippen molar-refractivity contribution in [2.45, 2.75) is 19.6 Å². The number of fused-ring (bicyclic) bond motifs is 4. The van der Waals surface area contributed by atoms with E-state index in [4.69, 9.17) is 0 Å². The lowest BCUT2D eigenvalue weighted by Gasteiger charge is -2.33. The lowest BCUT2D eigenvalue weighted by atomic mass is 9.94. The van der Waals surface area contributed by atoms with Gasteiger partial charge in [0.1, 0.15) is 0 Å². The van der Waals surface area contributed by atoms with Crippen LogP contribution in [0.3, 0.4) is 0 Å². The number of rotatable bonds is 3. The Labute approximate surface area is 264 Å². The minimum atomic E-state index is 0.519. The number of nitriles is 2. The molecule has 0 saturated carbocycles. The molecule has 0 amide bonds. The molecular formula is C38H22N4S2. The third-order valence-corrected chi connectivity index (χ3v) is 10.2. The first-order chi connectivity index (χ1) is 21.7. The number of para-hydroxylation sites is 4. The highest BCUT2D eigenvalue weighted by Crippen LogP contribution is 2.53. The Balaban J connectivity index is 1.33. The molecule has 0 N–H and O–H groups in total. The lowest BCUT2D eigenvalue weighted by Crippen LogP contribution is -2.15. The third kappa shape index (κ3) is 4.24. The maximum absolute atomic E-state index is 10.3. The summed E-state index contributed by atoms with van der Waals surface area (Å²) in [6, 6.07) is 50.1. The summed E-state index contributed by atoms with van der Waals surface area (Å²) in [5.74, 6) is 0. The molecule has 4 nitrogen and oxygen atoms in total. The first-order valence-electron chi connectivity index (χ1n) is 14.1. The fourth-order valence-corrected chi connectivity index (χ4v) is 8.06. The molecule has 0 unspecified atom stereocenters. The third-order valence-electron chi connectivity index (χ3n) is 7.92. The molecule has 0 atom stereocenters. The minimum Gasteiger partial charge on any atom is -0.308 e. The maximum atomic E-state index is 10.3. The maximum Gasteiger partial charge on any atom is 0.0998 e. The van der Waals surface area contributed by atoms with Gasteiger partial charge in [0.05, 0.1) is 46.0 Å². The summed E-state index contributed by atoms with van der Waals surface area (Å²) in [5, 5.41) is 20.6. The topological polar surface area (TPSA) is 54.1 Å². The second-order valence-electron chi connectivity index (χ2n) is 10.4. The smallest absolute Gasteiger partial charge is 0.0998 e. The summed E-state index contributed by atoms with van der Waals surface area (Å²) in [4.78, 5) is 9.15. The van der Waals surface area contributed by atoms with Crippen molar-refractivity contribution in [1.29, 1.82) is 10.5 Å². The van der Waals surface area contributed by atoms with E-state index in [1.807, 2.05) is 24.3 Å². The van der Waals surface area contributed by atoms with E-state index in [1.54, 1.807) is 23.5 Å². The van der Waals surface area contributed by atoms with E-state index < -0.39 is 0 Å². The zero-order chi connectivity index (χ0) is 29.6. The van der Waals surface area contributed by atoms with E-state index in [9.17, 15) is 10.5 Å². The number of benzene rings is 6. The van der Waals surface area contributed by atoms with Crippen LogP contribution in [0.5, 0.6) is 0 Å². The molecule has 6 aromatic carbocycles. The zero-order valence-corrected chi connectivity index (χ0v) is 24.9. The van der Waals surface area contributed by atoms with Crippen molar-refractivity contribution >= 4 is 57.6 Å². The normalized spacial score (nSPS) is 12.7. The second-order valence-corrected chi connectivity index (χ2v) is 12.6. The van der Waals surface area contributed by atoms with Crippen LogP contribution in [-0.4, -0.2) is 0 Å². The molecule has 0 fully saturated rings. The zero-order valence-electron chi connectivity index (χ0n) is 23.3. The number of anilines is 6. The fraction of sp³-hybridized carbons (Fsp3) is 0. The van der Waals surface area contributed by atoms with Crippen LogP contribution in [-0.2, 0) is 0 Å². The molecule has 206 valence electrons. The van der Waals surface area contributed by atoms with Crippen LogP contribution in [0.4, 0.5) is 34.1 Å². The molecule has 0 aliphatic carbocycles. The highest BCUT2D eigenvalue weighted by atomic mass is 32.2. The van der Waals surface area contributed by atoms with Crippen molar-refractivity contribution in [3.63, 3.8) is 0 Å². The average molecular weight is 599 g/mol. The molecule has 2 aliphatic rings. The van der Waals surface area contributed by atoms with Crippen molar-refractivity contribution in [3.8, 4) is 23.3 Å². The first-order valence-corrected chi connectivity index (χ1v) is 15.8. The van der Waals surface area contributed by atoms with Gasteiger partial charge in [0.2, 0.25) is 0 Å². The first kappa shape index (κ1) is 26.2. The van der Waals surface area contributed by atoms with Crippen molar-refractivity contribution in [2.75, 3.05) is 9.80 Å². The monoisotopic (exact) mass is 598 g/mol. The summed E-state index contributed by atoms with van der Waals surface area (Å²) >= 11 is 3.52. The van der Waals surface area contributed by atoms with Crippen LogP contribution in [0.25, 0.3) is 11.1 Å². The molecule has 2 aliphatic heterocycles. The molecular weight excluding hydrogens is 577 g/mol. The van der Waals surface area contributed by atoms with Crippen molar-refractivity contribution in [3.05, 3.63) is 145 Å². The average Bonchev–Trinajstić information content (AvgIpc) is 3.09. The van der Waals surface area contributed by atoms with Gasteiger partial charge < -0.3 is 9.80 Å². The SMILES string of the molecule is N#Cc1ccc(N2c3ccccc3Sc3ccccc32)cc1-c1cc(N2c3ccccc3Sc3ccccc32)ccc1C#N. The van der Waals surface area contributed by atoms with Crippen LogP contribution in [0.15, 0.2) is 153 Å². The Morgan fingerprint density at radius 3 is 1.05 bits per heavy atom. The molecule has 44 heavy (non-hydrogen) atoms. The number of hydrogen-bond acceptors (Lipinski definition) is 6. The summed E-state index contributed by atoms with van der Waals surface area (Å²) in [7, 11) is 0. The molecule has 0 aromatic heterocycles. The second kappa shape index (κ2) is 10.7. The van der Waals surface area contributed by atoms with Crippen LogP contribution in [0, 0.1) is 22.7 Å². The number of nitrogens with zero attached hydrogens (tertiary/aromatic N) is 4. The van der Waals surface area contributed by atoms with Gasteiger partial charge in [-0.2, -0.15) is 10.5 Å². The lowest BCUT2D eigenvalue weighted by molar-refractivity contribution is 1.16. The predicted molar refractivity (Wildman–Crippen MR) is 179 cm³/mol. The van der Waals surface area contributed by atoms with E-state index in [0.717, 1.165) is 64.8 Å². The van der Waals surface area contributed by atoms with Gasteiger partial charge in [-0.3, -0.25) is 0 Å². The van der Waals surface area contributed by atoms with Crippen molar-refractivity contribution in [2.24, 2.45) is 0 Å².